The highest BCUT2D eigenvalue weighted by atomic mass is 79.9. The molecule has 0 atom stereocenters. The number of carboxylic acid groups (broad SMARTS) is 1. The van der Waals surface area contributed by atoms with Crippen molar-refractivity contribution in [1.29, 1.82) is 0 Å². The Hall–Kier alpha value is -1.35. The Bertz CT molecular complexity index is 611. The van der Waals surface area contributed by atoms with Gasteiger partial charge in [-0.3, -0.25) is 4.68 Å². The van der Waals surface area contributed by atoms with Crippen LogP contribution in [0.2, 0.25) is 0 Å². The molecule has 2 aromatic heterocycles. The summed E-state index contributed by atoms with van der Waals surface area (Å²) in [4.78, 5) is 14.7. The standard InChI is InChI=1S/C9H6BrF2N3O2S/c1-15-5(9(16)17)3(2-13-15)8-14-4(7(11)12)6(10)18-8/h2,7H,1H3,(H,16,17)/p-1. The minimum atomic E-state index is -2.73. The highest BCUT2D eigenvalue weighted by molar-refractivity contribution is 9.11. The maximum atomic E-state index is 12.6. The fourth-order valence-corrected chi connectivity index (χ4v) is 2.93. The number of aromatic carboxylic acids is 1. The SMILES string of the molecule is Cn1ncc(-c2nc(C(F)F)c(Br)s2)c1C(=O)[O-]. The van der Waals surface area contributed by atoms with Gasteiger partial charge in [-0.05, 0) is 15.9 Å². The van der Waals surface area contributed by atoms with Crippen LogP contribution in [-0.2, 0) is 7.05 Å². The lowest BCUT2D eigenvalue weighted by Gasteiger charge is -2.04. The number of aryl methyl sites for hydroxylation is 1. The first kappa shape index (κ1) is 13.1. The van der Waals surface area contributed by atoms with Gasteiger partial charge in [0, 0.05) is 7.05 Å². The normalized spacial score (nSPS) is 11.2. The summed E-state index contributed by atoms with van der Waals surface area (Å²) in [6.07, 6.45) is -1.47. The number of halogens is 3. The van der Waals surface area contributed by atoms with Gasteiger partial charge in [0.25, 0.3) is 6.43 Å². The van der Waals surface area contributed by atoms with E-state index in [0.29, 0.717) is 0 Å². The average Bonchev–Trinajstić information content (AvgIpc) is 2.81. The summed E-state index contributed by atoms with van der Waals surface area (Å²) in [5.41, 5.74) is -0.449. The van der Waals surface area contributed by atoms with Gasteiger partial charge in [0.2, 0.25) is 0 Å². The van der Waals surface area contributed by atoms with Gasteiger partial charge in [-0.2, -0.15) is 5.10 Å². The van der Waals surface area contributed by atoms with Crippen molar-refractivity contribution in [3.8, 4) is 10.6 Å². The zero-order chi connectivity index (χ0) is 13.4. The first-order chi connectivity index (χ1) is 8.41. The van der Waals surface area contributed by atoms with Gasteiger partial charge >= 0.3 is 0 Å². The van der Waals surface area contributed by atoms with Crippen molar-refractivity contribution in [1.82, 2.24) is 14.8 Å². The Morgan fingerprint density at radius 1 is 1.61 bits per heavy atom. The molecule has 18 heavy (non-hydrogen) atoms. The summed E-state index contributed by atoms with van der Waals surface area (Å²) >= 11 is 3.89. The zero-order valence-corrected chi connectivity index (χ0v) is 11.3. The molecule has 0 aromatic carbocycles. The first-order valence-corrected chi connectivity index (χ1v) is 6.20. The largest absolute Gasteiger partial charge is 0.543 e. The molecule has 0 N–H and O–H groups in total. The van der Waals surface area contributed by atoms with Crippen molar-refractivity contribution in [2.24, 2.45) is 7.05 Å². The van der Waals surface area contributed by atoms with Gasteiger partial charge in [-0.25, -0.2) is 13.8 Å². The number of alkyl halides is 2. The van der Waals surface area contributed by atoms with E-state index >= 15 is 0 Å². The zero-order valence-electron chi connectivity index (χ0n) is 8.85. The van der Waals surface area contributed by atoms with E-state index in [4.69, 9.17) is 0 Å². The lowest BCUT2D eigenvalue weighted by atomic mass is 10.2. The molecule has 0 spiro atoms. The first-order valence-electron chi connectivity index (χ1n) is 4.60. The van der Waals surface area contributed by atoms with Gasteiger partial charge in [-0.15, -0.1) is 11.3 Å². The van der Waals surface area contributed by atoms with E-state index in [2.05, 4.69) is 26.0 Å². The lowest BCUT2D eigenvalue weighted by Crippen LogP contribution is -2.25. The van der Waals surface area contributed by atoms with Crippen LogP contribution in [-0.4, -0.2) is 20.7 Å². The van der Waals surface area contributed by atoms with E-state index < -0.39 is 18.1 Å². The number of hydrogen-bond acceptors (Lipinski definition) is 5. The summed E-state index contributed by atoms with van der Waals surface area (Å²) in [5, 5.41) is 14.9. The summed E-state index contributed by atoms with van der Waals surface area (Å²) < 4.78 is 26.4. The highest BCUT2D eigenvalue weighted by Crippen LogP contribution is 2.37. The highest BCUT2D eigenvalue weighted by Gasteiger charge is 2.21. The Morgan fingerprint density at radius 2 is 2.28 bits per heavy atom. The van der Waals surface area contributed by atoms with Crippen molar-refractivity contribution < 1.29 is 18.7 Å². The molecule has 0 amide bonds. The Labute approximate surface area is 112 Å². The maximum absolute atomic E-state index is 12.6. The number of carbonyl (C=O) groups excluding carboxylic acids is 1. The van der Waals surface area contributed by atoms with Crippen LogP contribution in [0.4, 0.5) is 8.78 Å². The Kier molecular flexibility index (Phi) is 3.44. The Balaban J connectivity index is 2.56. The summed E-state index contributed by atoms with van der Waals surface area (Å²) in [6.45, 7) is 0. The van der Waals surface area contributed by atoms with Crippen LogP contribution < -0.4 is 5.11 Å². The lowest BCUT2D eigenvalue weighted by molar-refractivity contribution is -0.255. The smallest absolute Gasteiger partial charge is 0.282 e. The van der Waals surface area contributed by atoms with Crippen LogP contribution in [0.25, 0.3) is 10.6 Å². The predicted octanol–water partition coefficient (Wildman–Crippen LogP) is 1.61. The summed E-state index contributed by atoms with van der Waals surface area (Å²) in [5.74, 6) is -1.44. The van der Waals surface area contributed by atoms with Crippen LogP contribution in [0.1, 0.15) is 22.6 Å². The van der Waals surface area contributed by atoms with Crippen LogP contribution >= 0.6 is 27.3 Å². The molecule has 2 rings (SSSR count). The van der Waals surface area contributed by atoms with Crippen molar-refractivity contribution in [2.45, 2.75) is 6.43 Å². The molecule has 2 heterocycles. The number of thiazole rings is 1. The van der Waals surface area contributed by atoms with E-state index in [-0.39, 0.29) is 20.1 Å². The maximum Gasteiger partial charge on any atom is 0.282 e. The number of rotatable bonds is 3. The van der Waals surface area contributed by atoms with Gasteiger partial charge in [-0.1, -0.05) is 0 Å². The van der Waals surface area contributed by atoms with Crippen LogP contribution in [0.5, 0.6) is 0 Å². The quantitative estimate of drug-likeness (QED) is 0.853. The molecule has 0 radical (unpaired) electrons. The molecule has 0 saturated heterocycles. The van der Waals surface area contributed by atoms with Crippen molar-refractivity contribution in [3.63, 3.8) is 0 Å². The Morgan fingerprint density at radius 3 is 2.78 bits per heavy atom. The van der Waals surface area contributed by atoms with E-state index in [9.17, 15) is 18.7 Å². The van der Waals surface area contributed by atoms with Gasteiger partial charge in [0.1, 0.15) is 10.7 Å². The molecule has 0 bridgehead atoms. The van der Waals surface area contributed by atoms with Crippen LogP contribution in [0, 0.1) is 0 Å². The molecule has 0 aliphatic carbocycles. The molecule has 0 aliphatic rings. The van der Waals surface area contributed by atoms with E-state index in [1.165, 1.54) is 13.2 Å². The number of carbonyl (C=O) groups is 1. The fourth-order valence-electron chi connectivity index (χ4n) is 1.40. The number of carboxylic acids is 1. The molecule has 0 saturated carbocycles. The number of hydrogen-bond donors (Lipinski definition) is 0. The minimum absolute atomic E-state index is 0.157. The molecule has 0 aliphatic heterocycles. The molecule has 9 heteroatoms. The minimum Gasteiger partial charge on any atom is -0.543 e. The second kappa shape index (κ2) is 4.73. The topological polar surface area (TPSA) is 70.8 Å². The predicted molar refractivity (Wildman–Crippen MR) is 61.3 cm³/mol. The van der Waals surface area contributed by atoms with E-state index in [1.54, 1.807) is 0 Å². The van der Waals surface area contributed by atoms with E-state index in [0.717, 1.165) is 16.0 Å². The second-order valence-electron chi connectivity index (χ2n) is 3.30. The molecule has 5 nitrogen and oxygen atoms in total. The van der Waals surface area contributed by atoms with Gasteiger partial charge in [0.15, 0.2) is 0 Å². The van der Waals surface area contributed by atoms with Gasteiger partial charge < -0.3 is 9.90 Å². The number of nitrogens with zero attached hydrogens (tertiary/aromatic N) is 3. The molecule has 96 valence electrons. The van der Waals surface area contributed by atoms with E-state index in [1.807, 2.05) is 0 Å². The second-order valence-corrected chi connectivity index (χ2v) is 5.61. The van der Waals surface area contributed by atoms with Crippen molar-refractivity contribution in [2.75, 3.05) is 0 Å². The van der Waals surface area contributed by atoms with Crippen molar-refractivity contribution in [3.05, 3.63) is 21.4 Å². The van der Waals surface area contributed by atoms with Crippen molar-refractivity contribution >= 4 is 33.2 Å². The third-order valence-corrected chi connectivity index (χ3v) is 3.96. The number of aromatic nitrogens is 3. The third-order valence-electron chi connectivity index (χ3n) is 2.18. The monoisotopic (exact) mass is 336 g/mol. The molecule has 2 aromatic rings. The fraction of sp³-hybridized carbons (Fsp3) is 0.222. The molecule has 0 fully saturated rings. The third kappa shape index (κ3) is 2.15. The molecular formula is C9H5BrF2N3O2S-. The summed E-state index contributed by atoms with van der Waals surface area (Å²) in [6, 6.07) is 0. The van der Waals surface area contributed by atoms with Crippen LogP contribution in [0.15, 0.2) is 9.98 Å². The van der Waals surface area contributed by atoms with Crippen LogP contribution in [0.3, 0.4) is 0 Å². The average molecular weight is 337 g/mol. The van der Waals surface area contributed by atoms with Gasteiger partial charge in [0.05, 0.1) is 27.2 Å². The molecular weight excluding hydrogens is 332 g/mol. The summed E-state index contributed by atoms with van der Waals surface area (Å²) in [7, 11) is 1.42. The molecule has 0 unspecified atom stereocenters.